The van der Waals surface area contributed by atoms with Crippen LogP contribution in [0.4, 0.5) is 0 Å². The number of cyclic esters (lactones) is 1. The van der Waals surface area contributed by atoms with Gasteiger partial charge in [0.1, 0.15) is 6.04 Å². The fourth-order valence-electron chi connectivity index (χ4n) is 1.45. The molecule has 0 unspecified atom stereocenters. The van der Waals surface area contributed by atoms with Crippen molar-refractivity contribution >= 4 is 5.97 Å². The van der Waals surface area contributed by atoms with Gasteiger partial charge in [-0.05, 0) is 14.0 Å². The number of hydrogen-bond acceptors (Lipinski definition) is 3. The molecule has 0 aromatic rings. The van der Waals surface area contributed by atoms with Crippen molar-refractivity contribution < 1.29 is 9.53 Å². The highest BCUT2D eigenvalue weighted by molar-refractivity contribution is 5.77. The van der Waals surface area contributed by atoms with Gasteiger partial charge in [-0.2, -0.15) is 0 Å². The van der Waals surface area contributed by atoms with Gasteiger partial charge in [-0.15, -0.1) is 0 Å². The summed E-state index contributed by atoms with van der Waals surface area (Å²) in [6.07, 6.45) is -0.0833. The van der Waals surface area contributed by atoms with Gasteiger partial charge in [-0.3, -0.25) is 9.69 Å². The molecule has 0 aromatic heterocycles. The second-order valence-electron chi connectivity index (χ2n) is 4.50. The quantitative estimate of drug-likeness (QED) is 0.513. The fraction of sp³-hybridized carbons (Fsp3) is 0.889. The van der Waals surface area contributed by atoms with E-state index >= 15 is 0 Å². The molecule has 0 N–H and O–H groups in total. The van der Waals surface area contributed by atoms with Crippen LogP contribution in [0, 0.1) is 5.41 Å². The smallest absolute Gasteiger partial charge is 0.324 e. The summed E-state index contributed by atoms with van der Waals surface area (Å²) in [4.78, 5) is 13.2. The standard InChI is InChI=1S/C9H17NO2/c1-6-7(11)12-8(10(6)5)9(2,3)4/h6,8H,1-5H3/t6-,8-/m1/s1. The Kier molecular flexibility index (Phi) is 2.17. The van der Waals surface area contributed by atoms with E-state index in [1.165, 1.54) is 0 Å². The molecule has 1 rings (SSSR count). The van der Waals surface area contributed by atoms with E-state index in [4.69, 9.17) is 4.74 Å². The summed E-state index contributed by atoms with van der Waals surface area (Å²) < 4.78 is 5.24. The van der Waals surface area contributed by atoms with Crippen molar-refractivity contribution in [3.63, 3.8) is 0 Å². The van der Waals surface area contributed by atoms with Gasteiger partial charge >= 0.3 is 5.97 Å². The van der Waals surface area contributed by atoms with Crippen LogP contribution in [0.3, 0.4) is 0 Å². The SMILES string of the molecule is C[C@@H]1C(=O)O[C@H](C(C)(C)C)N1C. The van der Waals surface area contributed by atoms with Crippen molar-refractivity contribution in [3.8, 4) is 0 Å². The normalized spacial score (nSPS) is 32.2. The van der Waals surface area contributed by atoms with E-state index in [0.717, 1.165) is 0 Å². The van der Waals surface area contributed by atoms with E-state index in [9.17, 15) is 4.79 Å². The molecule has 0 saturated carbocycles. The van der Waals surface area contributed by atoms with Crippen LogP contribution in [0.15, 0.2) is 0 Å². The van der Waals surface area contributed by atoms with E-state index in [1.807, 2.05) is 18.9 Å². The summed E-state index contributed by atoms with van der Waals surface area (Å²) in [7, 11) is 1.92. The van der Waals surface area contributed by atoms with E-state index < -0.39 is 0 Å². The summed E-state index contributed by atoms with van der Waals surface area (Å²) in [5.74, 6) is -0.113. The van der Waals surface area contributed by atoms with E-state index in [0.29, 0.717) is 0 Å². The lowest BCUT2D eigenvalue weighted by molar-refractivity contribution is -0.147. The Hall–Kier alpha value is -0.570. The monoisotopic (exact) mass is 171 g/mol. The summed E-state index contributed by atoms with van der Waals surface area (Å²) in [5, 5.41) is 0. The molecule has 1 aliphatic heterocycles. The molecule has 1 fully saturated rings. The zero-order valence-corrected chi connectivity index (χ0v) is 8.42. The first kappa shape index (κ1) is 9.52. The van der Waals surface area contributed by atoms with E-state index in [1.54, 1.807) is 0 Å². The minimum Gasteiger partial charge on any atom is -0.445 e. The minimum absolute atomic E-state index is 0.00479. The van der Waals surface area contributed by atoms with Gasteiger partial charge in [-0.1, -0.05) is 20.8 Å². The Balaban J connectivity index is 2.78. The predicted molar refractivity (Wildman–Crippen MR) is 46.6 cm³/mol. The average molecular weight is 171 g/mol. The van der Waals surface area contributed by atoms with Crippen molar-refractivity contribution in [1.82, 2.24) is 4.90 Å². The molecule has 12 heavy (non-hydrogen) atoms. The molecular formula is C9H17NO2. The number of likely N-dealkylation sites (N-methyl/N-ethyl adjacent to an activating group) is 1. The van der Waals surface area contributed by atoms with Crippen LogP contribution in [0.25, 0.3) is 0 Å². The molecule has 1 saturated heterocycles. The van der Waals surface area contributed by atoms with E-state index in [2.05, 4.69) is 20.8 Å². The Morgan fingerprint density at radius 1 is 1.42 bits per heavy atom. The zero-order chi connectivity index (χ0) is 9.52. The van der Waals surface area contributed by atoms with Crippen molar-refractivity contribution in [1.29, 1.82) is 0 Å². The molecule has 3 heteroatoms. The van der Waals surface area contributed by atoms with Crippen LogP contribution in [-0.2, 0) is 9.53 Å². The molecule has 0 radical (unpaired) electrons. The van der Waals surface area contributed by atoms with Crippen molar-refractivity contribution in [2.75, 3.05) is 7.05 Å². The summed E-state index contributed by atoms with van der Waals surface area (Å²) in [5.41, 5.74) is -0.00479. The molecule has 0 aromatic carbocycles. The highest BCUT2D eigenvalue weighted by atomic mass is 16.6. The number of carbonyl (C=O) groups excluding carboxylic acids is 1. The van der Waals surface area contributed by atoms with E-state index in [-0.39, 0.29) is 23.7 Å². The molecule has 0 spiro atoms. The number of hydrogen-bond donors (Lipinski definition) is 0. The van der Waals surface area contributed by atoms with Gasteiger partial charge in [0.15, 0.2) is 6.23 Å². The summed E-state index contributed by atoms with van der Waals surface area (Å²) in [6, 6.07) is -0.103. The largest absolute Gasteiger partial charge is 0.445 e. The van der Waals surface area contributed by atoms with Crippen LogP contribution < -0.4 is 0 Å². The lowest BCUT2D eigenvalue weighted by Crippen LogP contribution is -2.40. The Morgan fingerprint density at radius 2 is 1.92 bits per heavy atom. The fourth-order valence-corrected chi connectivity index (χ4v) is 1.45. The maximum atomic E-state index is 11.2. The van der Waals surface area contributed by atoms with Crippen LogP contribution in [0.2, 0.25) is 0 Å². The molecule has 3 nitrogen and oxygen atoms in total. The molecule has 0 amide bonds. The minimum atomic E-state index is -0.113. The summed E-state index contributed by atoms with van der Waals surface area (Å²) in [6.45, 7) is 8.08. The maximum Gasteiger partial charge on any atom is 0.324 e. The second kappa shape index (κ2) is 2.73. The molecule has 0 aliphatic carbocycles. The first-order valence-electron chi connectivity index (χ1n) is 4.26. The third-order valence-corrected chi connectivity index (χ3v) is 2.29. The highest BCUT2D eigenvalue weighted by Gasteiger charge is 2.42. The number of rotatable bonds is 0. The third kappa shape index (κ3) is 1.46. The molecular weight excluding hydrogens is 154 g/mol. The number of esters is 1. The first-order chi connectivity index (χ1) is 5.34. The second-order valence-corrected chi connectivity index (χ2v) is 4.50. The molecule has 70 valence electrons. The van der Waals surface area contributed by atoms with Crippen LogP contribution in [0.5, 0.6) is 0 Å². The molecule has 1 aliphatic rings. The van der Waals surface area contributed by atoms with Gasteiger partial charge in [0, 0.05) is 5.41 Å². The highest BCUT2D eigenvalue weighted by Crippen LogP contribution is 2.30. The number of ether oxygens (including phenoxy) is 1. The zero-order valence-electron chi connectivity index (χ0n) is 8.42. The summed E-state index contributed by atoms with van der Waals surface area (Å²) >= 11 is 0. The number of carbonyl (C=O) groups is 1. The molecule has 0 bridgehead atoms. The molecule has 2 atom stereocenters. The van der Waals surface area contributed by atoms with Crippen molar-refractivity contribution in [2.45, 2.75) is 40.0 Å². The first-order valence-corrected chi connectivity index (χ1v) is 4.26. The van der Waals surface area contributed by atoms with Gasteiger partial charge in [0.05, 0.1) is 0 Å². The molecule has 1 heterocycles. The van der Waals surface area contributed by atoms with Gasteiger partial charge in [0.2, 0.25) is 0 Å². The van der Waals surface area contributed by atoms with Crippen molar-refractivity contribution in [3.05, 3.63) is 0 Å². The average Bonchev–Trinajstić information content (AvgIpc) is 2.15. The Bertz CT molecular complexity index is 195. The van der Waals surface area contributed by atoms with Crippen LogP contribution in [-0.4, -0.2) is 30.2 Å². The lowest BCUT2D eigenvalue weighted by atomic mass is 9.93. The Morgan fingerprint density at radius 3 is 2.08 bits per heavy atom. The lowest BCUT2D eigenvalue weighted by Gasteiger charge is -2.30. The maximum absolute atomic E-state index is 11.2. The Labute approximate surface area is 73.7 Å². The van der Waals surface area contributed by atoms with Crippen LogP contribution >= 0.6 is 0 Å². The number of nitrogens with zero attached hydrogens (tertiary/aromatic N) is 1. The predicted octanol–water partition coefficient (Wildman–Crippen LogP) is 1.24. The third-order valence-electron chi connectivity index (χ3n) is 2.29. The van der Waals surface area contributed by atoms with Gasteiger partial charge in [0.25, 0.3) is 0 Å². The van der Waals surface area contributed by atoms with Crippen molar-refractivity contribution in [2.24, 2.45) is 5.41 Å². The topological polar surface area (TPSA) is 29.5 Å². The van der Waals surface area contributed by atoms with Gasteiger partial charge < -0.3 is 4.74 Å². The van der Waals surface area contributed by atoms with Crippen LogP contribution in [0.1, 0.15) is 27.7 Å². The van der Waals surface area contributed by atoms with Gasteiger partial charge in [-0.25, -0.2) is 0 Å².